The Morgan fingerprint density at radius 1 is 1.36 bits per heavy atom. The standard InChI is InChI=1S/C6H8O4.H2O/c1-2-4(6(9)10)3-5(7)8;/h3H,2H2,1H3,(H,7,8)(H,9,10);1H2/b4-3-;. The molecule has 0 aliphatic heterocycles. The first-order valence-corrected chi connectivity index (χ1v) is 2.74. The van der Waals surface area contributed by atoms with Crippen LogP contribution in [-0.2, 0) is 9.59 Å². The van der Waals surface area contributed by atoms with E-state index in [4.69, 9.17) is 10.2 Å². The van der Waals surface area contributed by atoms with Crippen molar-refractivity contribution in [1.82, 2.24) is 0 Å². The maximum absolute atomic E-state index is 10.1. The molecule has 0 aliphatic rings. The van der Waals surface area contributed by atoms with Crippen molar-refractivity contribution in [3.63, 3.8) is 0 Å². The van der Waals surface area contributed by atoms with Gasteiger partial charge in [-0.25, -0.2) is 9.59 Å². The van der Waals surface area contributed by atoms with Gasteiger partial charge in [-0.15, -0.1) is 0 Å². The van der Waals surface area contributed by atoms with Gasteiger partial charge in [0.05, 0.1) is 0 Å². The second-order valence-electron chi connectivity index (χ2n) is 1.67. The predicted molar refractivity (Wildman–Crippen MR) is 37.3 cm³/mol. The smallest absolute Gasteiger partial charge is 0.331 e. The van der Waals surface area contributed by atoms with Crippen molar-refractivity contribution in [3.8, 4) is 0 Å². The first kappa shape index (κ1) is 12.3. The second kappa shape index (κ2) is 5.43. The molecule has 0 aromatic rings. The van der Waals surface area contributed by atoms with E-state index >= 15 is 0 Å². The minimum absolute atomic E-state index is 0. The summed E-state index contributed by atoms with van der Waals surface area (Å²) < 4.78 is 0. The van der Waals surface area contributed by atoms with Gasteiger partial charge >= 0.3 is 11.9 Å². The highest BCUT2D eigenvalue weighted by atomic mass is 16.4. The lowest BCUT2D eigenvalue weighted by atomic mass is 10.2. The van der Waals surface area contributed by atoms with Crippen molar-refractivity contribution in [1.29, 1.82) is 0 Å². The van der Waals surface area contributed by atoms with Crippen LogP contribution >= 0.6 is 0 Å². The average molecular weight is 162 g/mol. The number of hydrogen-bond acceptors (Lipinski definition) is 2. The molecule has 0 spiro atoms. The first-order chi connectivity index (χ1) is 4.57. The Morgan fingerprint density at radius 2 is 1.82 bits per heavy atom. The Hall–Kier alpha value is -1.36. The van der Waals surface area contributed by atoms with Crippen LogP contribution in [0.15, 0.2) is 11.6 Å². The van der Waals surface area contributed by atoms with Gasteiger partial charge in [0.15, 0.2) is 0 Å². The van der Waals surface area contributed by atoms with Crippen LogP contribution in [0.4, 0.5) is 0 Å². The third kappa shape index (κ3) is 5.10. The summed E-state index contributed by atoms with van der Waals surface area (Å²) in [6, 6.07) is 0. The summed E-state index contributed by atoms with van der Waals surface area (Å²) in [5.41, 5.74) is -0.0903. The van der Waals surface area contributed by atoms with Gasteiger partial charge in [-0.2, -0.15) is 0 Å². The molecule has 0 saturated carbocycles. The lowest BCUT2D eigenvalue weighted by Gasteiger charge is -1.92. The van der Waals surface area contributed by atoms with Gasteiger partial charge in [0, 0.05) is 11.6 Å². The highest BCUT2D eigenvalue weighted by Gasteiger charge is 2.05. The molecule has 0 atom stereocenters. The van der Waals surface area contributed by atoms with Crippen molar-refractivity contribution >= 4 is 11.9 Å². The fourth-order valence-corrected chi connectivity index (χ4v) is 0.464. The van der Waals surface area contributed by atoms with Crippen molar-refractivity contribution in [2.75, 3.05) is 0 Å². The Balaban J connectivity index is 0. The largest absolute Gasteiger partial charge is 0.478 e. The van der Waals surface area contributed by atoms with E-state index in [2.05, 4.69) is 0 Å². The van der Waals surface area contributed by atoms with Crippen LogP contribution in [0.3, 0.4) is 0 Å². The maximum Gasteiger partial charge on any atom is 0.331 e. The number of carbonyl (C=O) groups is 2. The van der Waals surface area contributed by atoms with Crippen molar-refractivity contribution in [3.05, 3.63) is 11.6 Å². The topological polar surface area (TPSA) is 106 Å². The molecule has 0 saturated heterocycles. The molecule has 0 aromatic carbocycles. The zero-order chi connectivity index (χ0) is 8.15. The summed E-state index contributed by atoms with van der Waals surface area (Å²) >= 11 is 0. The first-order valence-electron chi connectivity index (χ1n) is 2.74. The maximum atomic E-state index is 10.1. The highest BCUT2D eigenvalue weighted by Crippen LogP contribution is 1.98. The molecule has 11 heavy (non-hydrogen) atoms. The number of aliphatic carboxylic acids is 2. The fraction of sp³-hybridized carbons (Fsp3) is 0.333. The van der Waals surface area contributed by atoms with Crippen molar-refractivity contribution < 1.29 is 25.3 Å². The molecule has 0 aliphatic carbocycles. The summed E-state index contributed by atoms with van der Waals surface area (Å²) in [5, 5.41) is 16.4. The van der Waals surface area contributed by atoms with Gasteiger partial charge in [0.1, 0.15) is 0 Å². The molecule has 64 valence electrons. The molecule has 0 radical (unpaired) electrons. The minimum Gasteiger partial charge on any atom is -0.478 e. The summed E-state index contributed by atoms with van der Waals surface area (Å²) in [7, 11) is 0. The van der Waals surface area contributed by atoms with Gasteiger partial charge in [0.25, 0.3) is 0 Å². The number of carboxylic acid groups (broad SMARTS) is 2. The van der Waals surface area contributed by atoms with Gasteiger partial charge < -0.3 is 15.7 Å². The van der Waals surface area contributed by atoms with E-state index in [-0.39, 0.29) is 17.5 Å². The zero-order valence-electron chi connectivity index (χ0n) is 6.00. The van der Waals surface area contributed by atoms with Gasteiger partial charge in [-0.05, 0) is 6.42 Å². The summed E-state index contributed by atoms with van der Waals surface area (Å²) in [4.78, 5) is 20.1. The molecule has 0 unspecified atom stereocenters. The Kier molecular flexibility index (Phi) is 6.08. The van der Waals surface area contributed by atoms with E-state index < -0.39 is 11.9 Å². The summed E-state index contributed by atoms with van der Waals surface area (Å²) in [5.74, 6) is -2.40. The molecule has 0 rings (SSSR count). The molecule has 0 fully saturated rings. The van der Waals surface area contributed by atoms with Gasteiger partial charge in [-0.1, -0.05) is 6.92 Å². The van der Waals surface area contributed by atoms with Gasteiger partial charge in [-0.3, -0.25) is 0 Å². The summed E-state index contributed by atoms with van der Waals surface area (Å²) in [6.45, 7) is 1.59. The number of rotatable bonds is 3. The molecule has 0 heterocycles. The molecule has 0 aromatic heterocycles. The van der Waals surface area contributed by atoms with Crippen LogP contribution in [-0.4, -0.2) is 27.6 Å². The van der Waals surface area contributed by atoms with Crippen LogP contribution in [0.1, 0.15) is 13.3 Å². The zero-order valence-corrected chi connectivity index (χ0v) is 6.00. The molecule has 0 bridgehead atoms. The van der Waals surface area contributed by atoms with E-state index in [1.165, 1.54) is 0 Å². The molecule has 0 amide bonds. The molecular weight excluding hydrogens is 152 g/mol. The minimum atomic E-state index is -1.22. The molecule has 4 N–H and O–H groups in total. The summed E-state index contributed by atoms with van der Waals surface area (Å²) in [6.07, 6.45) is 0.921. The van der Waals surface area contributed by atoms with Crippen LogP contribution in [0, 0.1) is 0 Å². The Morgan fingerprint density at radius 3 is 1.91 bits per heavy atom. The van der Waals surface area contributed by atoms with Crippen LogP contribution in [0.5, 0.6) is 0 Å². The van der Waals surface area contributed by atoms with E-state index in [9.17, 15) is 9.59 Å². The number of carboxylic acids is 2. The third-order valence-corrected chi connectivity index (χ3v) is 0.953. The van der Waals surface area contributed by atoms with Crippen LogP contribution in [0.25, 0.3) is 0 Å². The number of hydrogen-bond donors (Lipinski definition) is 2. The lowest BCUT2D eigenvalue weighted by Crippen LogP contribution is -2.02. The molecular formula is C6H10O5. The van der Waals surface area contributed by atoms with E-state index in [1.807, 2.05) is 0 Å². The average Bonchev–Trinajstić information content (AvgIpc) is 1.81. The Bertz CT molecular complexity index is 181. The molecule has 5 heteroatoms. The quantitative estimate of drug-likeness (QED) is 0.554. The lowest BCUT2D eigenvalue weighted by molar-refractivity contribution is -0.135. The van der Waals surface area contributed by atoms with Crippen molar-refractivity contribution in [2.24, 2.45) is 0 Å². The second-order valence-corrected chi connectivity index (χ2v) is 1.67. The predicted octanol–water partition coefficient (Wildman–Crippen LogP) is -0.333. The van der Waals surface area contributed by atoms with E-state index in [0.717, 1.165) is 0 Å². The molecule has 5 nitrogen and oxygen atoms in total. The normalized spacial score (nSPS) is 10.1. The van der Waals surface area contributed by atoms with E-state index in [0.29, 0.717) is 6.08 Å². The van der Waals surface area contributed by atoms with Crippen LogP contribution in [0.2, 0.25) is 0 Å². The van der Waals surface area contributed by atoms with Crippen molar-refractivity contribution in [2.45, 2.75) is 13.3 Å². The Labute approximate surface area is 63.3 Å². The third-order valence-electron chi connectivity index (χ3n) is 0.953. The van der Waals surface area contributed by atoms with Crippen LogP contribution < -0.4 is 0 Å². The monoisotopic (exact) mass is 162 g/mol. The van der Waals surface area contributed by atoms with Gasteiger partial charge in [0.2, 0.25) is 0 Å². The highest BCUT2D eigenvalue weighted by molar-refractivity contribution is 5.94. The van der Waals surface area contributed by atoms with E-state index in [1.54, 1.807) is 6.92 Å². The SMILES string of the molecule is CC/C(=C/C(=O)O)C(=O)O.O. The fourth-order valence-electron chi connectivity index (χ4n) is 0.464.